The van der Waals surface area contributed by atoms with Crippen molar-refractivity contribution in [3.05, 3.63) is 21.9 Å². The Morgan fingerprint density at radius 2 is 2.50 bits per heavy atom. The molecular formula is C9H13NS2. The highest BCUT2D eigenvalue weighted by Crippen LogP contribution is 2.34. The molecular weight excluding hydrogens is 186 g/mol. The standard InChI is InChI=1S/C9H13NS2/c1-7-3-6-11-8(7)9-10-4-2-5-12-9/h3,6,9-10H,2,4-5H2,1H3. The molecule has 0 radical (unpaired) electrons. The van der Waals surface area contributed by atoms with E-state index in [4.69, 9.17) is 0 Å². The van der Waals surface area contributed by atoms with Gasteiger partial charge in [-0.3, -0.25) is 0 Å². The zero-order valence-electron chi connectivity index (χ0n) is 7.17. The van der Waals surface area contributed by atoms with Gasteiger partial charge in [-0.25, -0.2) is 0 Å². The molecule has 12 heavy (non-hydrogen) atoms. The molecule has 0 bridgehead atoms. The largest absolute Gasteiger partial charge is 0.301 e. The first kappa shape index (κ1) is 8.60. The molecule has 0 aliphatic carbocycles. The van der Waals surface area contributed by atoms with Gasteiger partial charge in [-0.1, -0.05) is 0 Å². The van der Waals surface area contributed by atoms with Crippen LogP contribution in [0.5, 0.6) is 0 Å². The zero-order valence-corrected chi connectivity index (χ0v) is 8.80. The van der Waals surface area contributed by atoms with E-state index in [0.29, 0.717) is 5.37 Å². The molecule has 0 aromatic carbocycles. The minimum atomic E-state index is 0.568. The molecule has 1 aromatic rings. The molecule has 0 spiro atoms. The van der Waals surface area contributed by atoms with E-state index in [9.17, 15) is 0 Å². The fraction of sp³-hybridized carbons (Fsp3) is 0.556. The minimum absolute atomic E-state index is 0.568. The number of nitrogens with one attached hydrogen (secondary N) is 1. The van der Waals surface area contributed by atoms with Crippen molar-refractivity contribution in [3.63, 3.8) is 0 Å². The van der Waals surface area contributed by atoms with Gasteiger partial charge in [0.05, 0.1) is 5.37 Å². The topological polar surface area (TPSA) is 12.0 Å². The summed E-state index contributed by atoms with van der Waals surface area (Å²) >= 11 is 3.91. The fourth-order valence-electron chi connectivity index (χ4n) is 1.39. The van der Waals surface area contributed by atoms with Crippen molar-refractivity contribution in [1.29, 1.82) is 0 Å². The van der Waals surface area contributed by atoms with Gasteiger partial charge >= 0.3 is 0 Å². The number of rotatable bonds is 1. The van der Waals surface area contributed by atoms with E-state index in [1.807, 2.05) is 23.1 Å². The van der Waals surface area contributed by atoms with Crippen molar-refractivity contribution < 1.29 is 0 Å². The normalized spacial score (nSPS) is 24.2. The van der Waals surface area contributed by atoms with Crippen LogP contribution in [0, 0.1) is 6.92 Å². The maximum absolute atomic E-state index is 3.54. The zero-order chi connectivity index (χ0) is 8.39. The Morgan fingerprint density at radius 1 is 1.58 bits per heavy atom. The third-order valence-electron chi connectivity index (χ3n) is 2.08. The summed E-state index contributed by atoms with van der Waals surface area (Å²) in [6.07, 6.45) is 1.31. The van der Waals surface area contributed by atoms with Crippen molar-refractivity contribution in [1.82, 2.24) is 5.32 Å². The van der Waals surface area contributed by atoms with Gasteiger partial charge in [-0.15, -0.1) is 23.1 Å². The number of thioether (sulfide) groups is 1. The molecule has 66 valence electrons. The molecule has 1 aliphatic rings. The molecule has 3 heteroatoms. The summed E-state index contributed by atoms with van der Waals surface area (Å²) in [5.41, 5.74) is 1.44. The second-order valence-electron chi connectivity index (χ2n) is 3.03. The van der Waals surface area contributed by atoms with Gasteiger partial charge in [-0.05, 0) is 42.7 Å². The van der Waals surface area contributed by atoms with E-state index in [2.05, 4.69) is 23.7 Å². The van der Waals surface area contributed by atoms with E-state index in [0.717, 1.165) is 0 Å². The average Bonchev–Trinajstić information content (AvgIpc) is 2.53. The number of hydrogen-bond donors (Lipinski definition) is 1. The summed E-state index contributed by atoms with van der Waals surface area (Å²) < 4.78 is 0. The lowest BCUT2D eigenvalue weighted by atomic mass is 10.3. The van der Waals surface area contributed by atoms with Gasteiger partial charge in [-0.2, -0.15) is 0 Å². The molecule has 1 unspecified atom stereocenters. The van der Waals surface area contributed by atoms with Gasteiger partial charge in [0.15, 0.2) is 0 Å². The Labute approximate surface area is 81.6 Å². The van der Waals surface area contributed by atoms with E-state index in [-0.39, 0.29) is 0 Å². The maximum Gasteiger partial charge on any atom is 0.0885 e. The van der Waals surface area contributed by atoms with Crippen molar-refractivity contribution >= 4 is 23.1 Å². The quantitative estimate of drug-likeness (QED) is 0.746. The van der Waals surface area contributed by atoms with Gasteiger partial charge in [0.2, 0.25) is 0 Å². The minimum Gasteiger partial charge on any atom is -0.301 e. The molecule has 1 nitrogen and oxygen atoms in total. The van der Waals surface area contributed by atoms with Crippen LogP contribution in [0.2, 0.25) is 0 Å². The van der Waals surface area contributed by atoms with Crippen LogP contribution < -0.4 is 5.32 Å². The van der Waals surface area contributed by atoms with Crippen LogP contribution >= 0.6 is 23.1 Å². The van der Waals surface area contributed by atoms with Gasteiger partial charge in [0, 0.05) is 4.88 Å². The summed E-state index contributed by atoms with van der Waals surface area (Å²) in [5.74, 6) is 1.30. The van der Waals surface area contributed by atoms with Crippen molar-refractivity contribution in [2.75, 3.05) is 12.3 Å². The highest BCUT2D eigenvalue weighted by Gasteiger charge is 2.17. The second-order valence-corrected chi connectivity index (χ2v) is 5.19. The highest BCUT2D eigenvalue weighted by molar-refractivity contribution is 7.99. The average molecular weight is 199 g/mol. The molecule has 1 aromatic heterocycles. The highest BCUT2D eigenvalue weighted by atomic mass is 32.2. The predicted molar refractivity (Wildman–Crippen MR) is 56.9 cm³/mol. The lowest BCUT2D eigenvalue weighted by Crippen LogP contribution is -2.24. The van der Waals surface area contributed by atoms with Crippen LogP contribution in [0.3, 0.4) is 0 Å². The molecule has 1 atom stereocenters. The number of thiophene rings is 1. The van der Waals surface area contributed by atoms with Gasteiger partial charge in [0.1, 0.15) is 0 Å². The van der Waals surface area contributed by atoms with Crippen molar-refractivity contribution in [3.8, 4) is 0 Å². The van der Waals surface area contributed by atoms with E-state index in [1.54, 1.807) is 0 Å². The van der Waals surface area contributed by atoms with Crippen LogP contribution in [0.15, 0.2) is 11.4 Å². The van der Waals surface area contributed by atoms with Crippen molar-refractivity contribution in [2.24, 2.45) is 0 Å². The Morgan fingerprint density at radius 3 is 3.08 bits per heavy atom. The van der Waals surface area contributed by atoms with E-state index >= 15 is 0 Å². The number of hydrogen-bond acceptors (Lipinski definition) is 3. The van der Waals surface area contributed by atoms with Crippen LogP contribution in [0.25, 0.3) is 0 Å². The Balaban J connectivity index is 2.13. The predicted octanol–water partition coefficient (Wildman–Crippen LogP) is 2.78. The smallest absolute Gasteiger partial charge is 0.0885 e. The first-order valence-electron chi connectivity index (χ1n) is 4.27. The fourth-order valence-corrected chi connectivity index (χ4v) is 3.76. The lowest BCUT2D eigenvalue weighted by molar-refractivity contribution is 0.647. The van der Waals surface area contributed by atoms with Crippen LogP contribution in [0.1, 0.15) is 22.2 Å². The lowest BCUT2D eigenvalue weighted by Gasteiger charge is -2.22. The van der Waals surface area contributed by atoms with Crippen molar-refractivity contribution in [2.45, 2.75) is 18.7 Å². The summed E-state index contributed by atoms with van der Waals surface area (Å²) in [7, 11) is 0. The van der Waals surface area contributed by atoms with Gasteiger partial charge in [0.25, 0.3) is 0 Å². The van der Waals surface area contributed by atoms with Crippen LogP contribution in [0.4, 0.5) is 0 Å². The third kappa shape index (κ3) is 1.68. The first-order valence-corrected chi connectivity index (χ1v) is 6.20. The van der Waals surface area contributed by atoms with Crippen LogP contribution in [-0.4, -0.2) is 12.3 Å². The Hall–Kier alpha value is 0.01000. The first-order chi connectivity index (χ1) is 5.88. The summed E-state index contributed by atoms with van der Waals surface area (Å²) in [4.78, 5) is 1.51. The molecule has 1 aliphatic heterocycles. The second kappa shape index (κ2) is 3.81. The molecule has 0 amide bonds. The monoisotopic (exact) mass is 199 g/mol. The summed E-state index contributed by atoms with van der Waals surface area (Å²) in [6, 6.07) is 2.21. The van der Waals surface area contributed by atoms with Gasteiger partial charge < -0.3 is 5.32 Å². The third-order valence-corrected chi connectivity index (χ3v) is 4.57. The molecule has 0 saturated carbocycles. The molecule has 1 fully saturated rings. The van der Waals surface area contributed by atoms with E-state index in [1.165, 1.54) is 29.2 Å². The SMILES string of the molecule is Cc1ccsc1C1NCCCS1. The maximum atomic E-state index is 3.54. The summed E-state index contributed by atoms with van der Waals surface area (Å²) in [6.45, 7) is 3.37. The molecule has 2 rings (SSSR count). The molecule has 2 heterocycles. The Bertz CT molecular complexity index is 251. The molecule has 1 saturated heterocycles. The Kier molecular flexibility index (Phi) is 2.73. The van der Waals surface area contributed by atoms with Crippen LogP contribution in [-0.2, 0) is 0 Å². The summed E-state index contributed by atoms with van der Waals surface area (Å²) in [5, 5.41) is 6.29. The molecule has 1 N–H and O–H groups in total. The van der Waals surface area contributed by atoms with E-state index < -0.39 is 0 Å². The number of aryl methyl sites for hydroxylation is 1.